The standard InChI is InChI=1S/C16H17BrN2O/c1-11-3-2-6-19-15(11)10-18-9-14-8-12-7-13(17)4-5-16(12)20-14/h2-7,14,18H,8-10H2,1H3. The molecule has 104 valence electrons. The first kappa shape index (κ1) is 13.6. The van der Waals surface area contributed by atoms with Gasteiger partial charge in [-0.2, -0.15) is 0 Å². The summed E-state index contributed by atoms with van der Waals surface area (Å²) in [4.78, 5) is 4.38. The smallest absolute Gasteiger partial charge is 0.123 e. The molecule has 0 amide bonds. The Kier molecular flexibility index (Phi) is 4.03. The van der Waals surface area contributed by atoms with Gasteiger partial charge in [0.05, 0.1) is 5.69 Å². The minimum atomic E-state index is 0.211. The fraction of sp³-hybridized carbons (Fsp3) is 0.312. The summed E-state index contributed by atoms with van der Waals surface area (Å²) in [6.07, 6.45) is 3.01. The number of fused-ring (bicyclic) bond motifs is 1. The molecular formula is C16H17BrN2O. The number of hydrogen-bond donors (Lipinski definition) is 1. The van der Waals surface area contributed by atoms with Gasteiger partial charge in [0.2, 0.25) is 0 Å². The molecule has 3 nitrogen and oxygen atoms in total. The van der Waals surface area contributed by atoms with Crippen molar-refractivity contribution in [3.63, 3.8) is 0 Å². The zero-order chi connectivity index (χ0) is 13.9. The Balaban J connectivity index is 1.53. The normalized spacial score (nSPS) is 16.8. The third-order valence-electron chi connectivity index (χ3n) is 3.55. The van der Waals surface area contributed by atoms with E-state index in [1.807, 2.05) is 24.4 Å². The van der Waals surface area contributed by atoms with E-state index in [2.05, 4.69) is 45.3 Å². The summed E-state index contributed by atoms with van der Waals surface area (Å²) >= 11 is 3.50. The molecule has 0 spiro atoms. The Labute approximate surface area is 127 Å². The minimum absolute atomic E-state index is 0.211. The van der Waals surface area contributed by atoms with Crippen molar-refractivity contribution < 1.29 is 4.74 Å². The Morgan fingerprint density at radius 1 is 1.40 bits per heavy atom. The van der Waals surface area contributed by atoms with E-state index < -0.39 is 0 Å². The van der Waals surface area contributed by atoms with Crippen LogP contribution in [0.2, 0.25) is 0 Å². The molecule has 0 bridgehead atoms. The molecule has 0 fully saturated rings. The van der Waals surface area contributed by atoms with Crippen LogP contribution in [0.3, 0.4) is 0 Å². The van der Waals surface area contributed by atoms with Crippen LogP contribution in [0.25, 0.3) is 0 Å². The minimum Gasteiger partial charge on any atom is -0.488 e. The van der Waals surface area contributed by atoms with Gasteiger partial charge in [0.1, 0.15) is 11.9 Å². The van der Waals surface area contributed by atoms with E-state index in [1.54, 1.807) is 0 Å². The van der Waals surface area contributed by atoms with Crippen LogP contribution in [0, 0.1) is 6.92 Å². The van der Waals surface area contributed by atoms with Gasteiger partial charge in [0.25, 0.3) is 0 Å². The van der Waals surface area contributed by atoms with Gasteiger partial charge in [0.15, 0.2) is 0 Å². The van der Waals surface area contributed by atoms with Crippen molar-refractivity contribution >= 4 is 15.9 Å². The SMILES string of the molecule is Cc1cccnc1CNCC1Cc2cc(Br)ccc2O1. The van der Waals surface area contributed by atoms with Crippen LogP contribution in [0.1, 0.15) is 16.8 Å². The maximum Gasteiger partial charge on any atom is 0.123 e. The lowest BCUT2D eigenvalue weighted by atomic mass is 10.1. The first-order valence-electron chi connectivity index (χ1n) is 6.78. The lowest BCUT2D eigenvalue weighted by molar-refractivity contribution is 0.227. The fourth-order valence-corrected chi connectivity index (χ4v) is 2.87. The first-order valence-corrected chi connectivity index (χ1v) is 7.58. The van der Waals surface area contributed by atoms with E-state index in [0.717, 1.165) is 35.4 Å². The molecule has 1 aromatic heterocycles. The van der Waals surface area contributed by atoms with Crippen molar-refractivity contribution in [1.29, 1.82) is 0 Å². The van der Waals surface area contributed by atoms with Gasteiger partial charge in [0, 0.05) is 30.2 Å². The third-order valence-corrected chi connectivity index (χ3v) is 4.04. The molecular weight excluding hydrogens is 316 g/mol. The van der Waals surface area contributed by atoms with Gasteiger partial charge in [-0.1, -0.05) is 22.0 Å². The average Bonchev–Trinajstić information content (AvgIpc) is 2.83. The van der Waals surface area contributed by atoms with Gasteiger partial charge >= 0.3 is 0 Å². The van der Waals surface area contributed by atoms with Crippen molar-refractivity contribution in [1.82, 2.24) is 10.3 Å². The van der Waals surface area contributed by atoms with Crippen LogP contribution in [0.15, 0.2) is 41.0 Å². The van der Waals surface area contributed by atoms with Crippen molar-refractivity contribution in [3.05, 3.63) is 57.8 Å². The van der Waals surface area contributed by atoms with E-state index in [-0.39, 0.29) is 6.10 Å². The summed E-state index contributed by atoms with van der Waals surface area (Å²) in [6.45, 7) is 3.71. The Hall–Kier alpha value is -1.39. The average molecular weight is 333 g/mol. The molecule has 1 aliphatic rings. The van der Waals surface area contributed by atoms with Gasteiger partial charge in [-0.3, -0.25) is 4.98 Å². The van der Waals surface area contributed by atoms with Crippen LogP contribution in [-0.2, 0) is 13.0 Å². The number of hydrogen-bond acceptors (Lipinski definition) is 3. The van der Waals surface area contributed by atoms with Crippen LogP contribution < -0.4 is 10.1 Å². The molecule has 2 aromatic rings. The summed E-state index contributed by atoms with van der Waals surface area (Å²) in [5.74, 6) is 1.01. The number of pyridine rings is 1. The van der Waals surface area contributed by atoms with Crippen LogP contribution in [0.5, 0.6) is 5.75 Å². The highest BCUT2D eigenvalue weighted by Crippen LogP contribution is 2.30. The van der Waals surface area contributed by atoms with Crippen LogP contribution in [-0.4, -0.2) is 17.6 Å². The van der Waals surface area contributed by atoms with Gasteiger partial charge in [-0.25, -0.2) is 0 Å². The van der Waals surface area contributed by atoms with Crippen molar-refractivity contribution in [2.24, 2.45) is 0 Å². The van der Waals surface area contributed by atoms with E-state index in [0.29, 0.717) is 0 Å². The van der Waals surface area contributed by atoms with Crippen LogP contribution >= 0.6 is 15.9 Å². The molecule has 0 saturated heterocycles. The topological polar surface area (TPSA) is 34.2 Å². The largest absolute Gasteiger partial charge is 0.488 e. The highest BCUT2D eigenvalue weighted by Gasteiger charge is 2.22. The summed E-state index contributed by atoms with van der Waals surface area (Å²) in [5.41, 5.74) is 3.60. The molecule has 1 atom stereocenters. The molecule has 0 radical (unpaired) electrons. The predicted molar refractivity (Wildman–Crippen MR) is 82.9 cm³/mol. The molecule has 20 heavy (non-hydrogen) atoms. The highest BCUT2D eigenvalue weighted by atomic mass is 79.9. The molecule has 1 aliphatic heterocycles. The van der Waals surface area contributed by atoms with Gasteiger partial charge in [-0.05, 0) is 42.3 Å². The monoisotopic (exact) mass is 332 g/mol. The number of rotatable bonds is 4. The summed E-state index contributed by atoms with van der Waals surface area (Å²) in [6, 6.07) is 10.2. The molecule has 4 heteroatoms. The third kappa shape index (κ3) is 3.02. The number of halogens is 1. The second kappa shape index (κ2) is 5.94. The molecule has 1 aromatic carbocycles. The zero-order valence-corrected chi connectivity index (χ0v) is 13.0. The van der Waals surface area contributed by atoms with Gasteiger partial charge in [-0.15, -0.1) is 0 Å². The van der Waals surface area contributed by atoms with E-state index >= 15 is 0 Å². The first-order chi connectivity index (χ1) is 9.72. The number of nitrogens with zero attached hydrogens (tertiary/aromatic N) is 1. The Bertz CT molecular complexity index is 615. The van der Waals surface area contributed by atoms with Crippen molar-refractivity contribution in [2.45, 2.75) is 26.0 Å². The summed E-state index contributed by atoms with van der Waals surface area (Å²) < 4.78 is 7.04. The molecule has 1 N–H and O–H groups in total. The number of aryl methyl sites for hydroxylation is 1. The lowest BCUT2D eigenvalue weighted by Crippen LogP contribution is -2.30. The second-order valence-electron chi connectivity index (χ2n) is 5.09. The molecule has 2 heterocycles. The van der Waals surface area contributed by atoms with Crippen molar-refractivity contribution in [2.75, 3.05) is 6.54 Å². The summed E-state index contributed by atoms with van der Waals surface area (Å²) in [7, 11) is 0. The molecule has 1 unspecified atom stereocenters. The fourth-order valence-electron chi connectivity index (χ4n) is 2.46. The Morgan fingerprint density at radius 3 is 3.15 bits per heavy atom. The number of nitrogens with one attached hydrogen (secondary N) is 1. The number of ether oxygens (including phenoxy) is 1. The maximum absolute atomic E-state index is 5.93. The maximum atomic E-state index is 5.93. The van der Waals surface area contributed by atoms with Crippen LogP contribution in [0.4, 0.5) is 0 Å². The zero-order valence-electron chi connectivity index (χ0n) is 11.4. The highest BCUT2D eigenvalue weighted by molar-refractivity contribution is 9.10. The summed E-state index contributed by atoms with van der Waals surface area (Å²) in [5, 5.41) is 3.43. The van der Waals surface area contributed by atoms with Crippen molar-refractivity contribution in [3.8, 4) is 5.75 Å². The molecule has 3 rings (SSSR count). The lowest BCUT2D eigenvalue weighted by Gasteiger charge is -2.12. The van der Waals surface area contributed by atoms with Gasteiger partial charge < -0.3 is 10.1 Å². The van der Waals surface area contributed by atoms with E-state index in [1.165, 1.54) is 11.1 Å². The molecule has 0 aliphatic carbocycles. The molecule has 0 saturated carbocycles. The van der Waals surface area contributed by atoms with E-state index in [9.17, 15) is 0 Å². The number of benzene rings is 1. The van der Waals surface area contributed by atoms with E-state index in [4.69, 9.17) is 4.74 Å². The predicted octanol–water partition coefficient (Wildman–Crippen LogP) is 3.25. The Morgan fingerprint density at radius 2 is 2.30 bits per heavy atom. The number of aromatic nitrogens is 1. The second-order valence-corrected chi connectivity index (χ2v) is 6.01. The quantitative estimate of drug-likeness (QED) is 0.933.